The normalized spacial score (nSPS) is 16.7. The molecule has 1 aliphatic heterocycles. The molecule has 3 N–H and O–H groups in total. The highest BCUT2D eigenvalue weighted by atomic mass is 32.2. The number of amides is 2. The highest BCUT2D eigenvalue weighted by Crippen LogP contribution is 2.41. The van der Waals surface area contributed by atoms with E-state index in [2.05, 4.69) is 34.9 Å². The van der Waals surface area contributed by atoms with Gasteiger partial charge in [-0.1, -0.05) is 103 Å². The van der Waals surface area contributed by atoms with Gasteiger partial charge in [0.05, 0.1) is 25.9 Å². The number of benzene rings is 6. The first-order chi connectivity index (χ1) is 26.5. The second-order valence-electron chi connectivity index (χ2n) is 12.8. The number of thioether (sulfide) groups is 1. The molecular formula is C45H42N2O6S. The summed E-state index contributed by atoms with van der Waals surface area (Å²) in [6, 6.07) is 48.7. The molecule has 0 saturated carbocycles. The number of hydrogen-bond acceptors (Lipinski definition) is 7. The molecular weight excluding hydrogens is 697 g/mol. The van der Waals surface area contributed by atoms with Crippen molar-refractivity contribution in [2.75, 3.05) is 18.2 Å². The standard InChI is InChI=1S/C45H42N2O6S/c1-50-41-13-7-8-14-43(41)54-30-39-27-42(33-17-15-31(29-48)16-18-33)53-44(52-39)34-21-19-32(20-22-34)40-12-6-5-9-35(40)28-46-45(49)47-36-23-25-38(26-24-36)51-37-10-3-2-4-11-37/h2-26,39,42,44,48H,27-30H2,1H3,(H2,46,47,49)/t39-,42+,44+/m0/s1. The Kier molecular flexibility index (Phi) is 12.2. The lowest BCUT2D eigenvalue weighted by atomic mass is 9.98. The Morgan fingerprint density at radius 1 is 0.759 bits per heavy atom. The smallest absolute Gasteiger partial charge is 0.319 e. The molecule has 2 amide bonds. The summed E-state index contributed by atoms with van der Waals surface area (Å²) in [4.78, 5) is 13.9. The average molecular weight is 739 g/mol. The predicted molar refractivity (Wildman–Crippen MR) is 213 cm³/mol. The Bertz CT molecular complexity index is 2110. The van der Waals surface area contributed by atoms with Crippen molar-refractivity contribution in [3.05, 3.63) is 174 Å². The van der Waals surface area contributed by atoms with Gasteiger partial charge in [-0.15, -0.1) is 11.8 Å². The summed E-state index contributed by atoms with van der Waals surface area (Å²) in [6.07, 6.45) is -0.146. The summed E-state index contributed by atoms with van der Waals surface area (Å²) in [5, 5.41) is 15.5. The maximum atomic E-state index is 12.9. The van der Waals surface area contributed by atoms with E-state index in [1.165, 1.54) is 0 Å². The number of para-hydroxylation sites is 2. The molecule has 8 nitrogen and oxygen atoms in total. The molecule has 9 heteroatoms. The van der Waals surface area contributed by atoms with Crippen molar-refractivity contribution >= 4 is 23.5 Å². The maximum absolute atomic E-state index is 12.9. The number of carbonyl (C=O) groups excluding carboxylic acids is 1. The zero-order chi connectivity index (χ0) is 37.1. The number of nitrogens with one attached hydrogen (secondary N) is 2. The minimum Gasteiger partial charge on any atom is -0.496 e. The molecule has 0 spiro atoms. The van der Waals surface area contributed by atoms with Crippen LogP contribution in [0.15, 0.2) is 157 Å². The van der Waals surface area contributed by atoms with Crippen molar-refractivity contribution in [1.82, 2.24) is 5.32 Å². The fourth-order valence-electron chi connectivity index (χ4n) is 6.30. The molecule has 1 fully saturated rings. The van der Waals surface area contributed by atoms with Crippen LogP contribution in [0.5, 0.6) is 17.2 Å². The van der Waals surface area contributed by atoms with E-state index in [4.69, 9.17) is 18.9 Å². The number of anilines is 1. The maximum Gasteiger partial charge on any atom is 0.319 e. The molecule has 1 heterocycles. The monoisotopic (exact) mass is 738 g/mol. The molecule has 1 saturated heterocycles. The molecule has 0 aromatic heterocycles. The minimum absolute atomic E-state index is 0.00503. The van der Waals surface area contributed by atoms with Gasteiger partial charge in [-0.2, -0.15) is 0 Å². The van der Waals surface area contributed by atoms with Crippen LogP contribution >= 0.6 is 11.8 Å². The van der Waals surface area contributed by atoms with Gasteiger partial charge in [0, 0.05) is 34.9 Å². The van der Waals surface area contributed by atoms with E-state index in [-0.39, 0.29) is 24.8 Å². The van der Waals surface area contributed by atoms with Crippen LogP contribution < -0.4 is 20.1 Å². The topological polar surface area (TPSA) is 98.3 Å². The van der Waals surface area contributed by atoms with Crippen LogP contribution in [0.2, 0.25) is 0 Å². The summed E-state index contributed by atoms with van der Waals surface area (Å²) in [7, 11) is 1.69. The largest absolute Gasteiger partial charge is 0.496 e. The number of methoxy groups -OCH3 is 1. The third-order valence-corrected chi connectivity index (χ3v) is 10.3. The fourth-order valence-corrected chi connectivity index (χ4v) is 7.35. The molecule has 0 unspecified atom stereocenters. The second kappa shape index (κ2) is 18.0. The van der Waals surface area contributed by atoms with E-state index in [1.54, 1.807) is 18.9 Å². The van der Waals surface area contributed by atoms with E-state index in [9.17, 15) is 9.90 Å². The van der Waals surface area contributed by atoms with Gasteiger partial charge in [0.25, 0.3) is 0 Å². The van der Waals surface area contributed by atoms with Crippen LogP contribution in [-0.4, -0.2) is 30.1 Å². The van der Waals surface area contributed by atoms with Crippen molar-refractivity contribution in [1.29, 1.82) is 0 Å². The minimum atomic E-state index is -0.571. The van der Waals surface area contributed by atoms with Gasteiger partial charge in [-0.3, -0.25) is 0 Å². The summed E-state index contributed by atoms with van der Waals surface area (Å²) < 4.78 is 24.6. The Balaban J connectivity index is 1.01. The molecule has 54 heavy (non-hydrogen) atoms. The van der Waals surface area contributed by atoms with Crippen molar-refractivity contribution in [3.8, 4) is 28.4 Å². The molecule has 274 valence electrons. The molecule has 0 aliphatic carbocycles. The van der Waals surface area contributed by atoms with Crippen molar-refractivity contribution in [3.63, 3.8) is 0 Å². The van der Waals surface area contributed by atoms with Crippen LogP contribution in [-0.2, 0) is 22.6 Å². The van der Waals surface area contributed by atoms with Gasteiger partial charge in [-0.05, 0) is 76.3 Å². The Morgan fingerprint density at radius 2 is 1.44 bits per heavy atom. The molecule has 0 radical (unpaired) electrons. The zero-order valence-corrected chi connectivity index (χ0v) is 30.7. The van der Waals surface area contributed by atoms with Crippen molar-refractivity contribution < 1.29 is 28.8 Å². The Labute approximate surface area is 320 Å². The quantitative estimate of drug-likeness (QED) is 0.102. The summed E-state index contributed by atoms with van der Waals surface area (Å²) >= 11 is 1.71. The first-order valence-electron chi connectivity index (χ1n) is 17.9. The predicted octanol–water partition coefficient (Wildman–Crippen LogP) is 10.3. The van der Waals surface area contributed by atoms with Gasteiger partial charge < -0.3 is 34.7 Å². The number of urea groups is 1. The first kappa shape index (κ1) is 36.8. The molecule has 6 aromatic carbocycles. The van der Waals surface area contributed by atoms with Gasteiger partial charge in [0.15, 0.2) is 6.29 Å². The van der Waals surface area contributed by atoms with Crippen molar-refractivity contribution in [2.24, 2.45) is 0 Å². The van der Waals surface area contributed by atoms with E-state index >= 15 is 0 Å². The van der Waals surface area contributed by atoms with E-state index in [0.717, 1.165) is 55.5 Å². The summed E-state index contributed by atoms with van der Waals surface area (Å²) in [5.41, 5.74) is 6.50. The van der Waals surface area contributed by atoms with Crippen LogP contribution in [0.1, 0.15) is 41.1 Å². The third-order valence-electron chi connectivity index (χ3n) is 9.15. The Hall–Kier alpha value is -5.58. The lowest BCUT2D eigenvalue weighted by Crippen LogP contribution is -2.31. The number of ether oxygens (including phenoxy) is 4. The van der Waals surface area contributed by atoms with Crippen molar-refractivity contribution in [2.45, 2.75) is 43.0 Å². The van der Waals surface area contributed by atoms with Gasteiger partial charge in [0.2, 0.25) is 0 Å². The van der Waals surface area contributed by atoms with Crippen LogP contribution in [0.4, 0.5) is 10.5 Å². The van der Waals surface area contributed by atoms with Gasteiger partial charge in [0.1, 0.15) is 17.2 Å². The van der Waals surface area contributed by atoms with E-state index in [0.29, 0.717) is 24.4 Å². The Morgan fingerprint density at radius 3 is 2.20 bits per heavy atom. The molecule has 1 aliphatic rings. The lowest BCUT2D eigenvalue weighted by Gasteiger charge is -2.36. The highest BCUT2D eigenvalue weighted by Gasteiger charge is 2.32. The number of hydrogen-bond donors (Lipinski definition) is 3. The second-order valence-corrected chi connectivity index (χ2v) is 13.9. The zero-order valence-electron chi connectivity index (χ0n) is 29.9. The molecule has 6 aromatic rings. The van der Waals surface area contributed by atoms with Gasteiger partial charge >= 0.3 is 6.03 Å². The van der Waals surface area contributed by atoms with Crippen LogP contribution in [0.3, 0.4) is 0 Å². The van der Waals surface area contributed by atoms with Crippen LogP contribution in [0, 0.1) is 0 Å². The van der Waals surface area contributed by atoms with E-state index < -0.39 is 6.29 Å². The lowest BCUT2D eigenvalue weighted by molar-refractivity contribution is -0.245. The van der Waals surface area contributed by atoms with E-state index in [1.807, 2.05) is 127 Å². The average Bonchev–Trinajstić information content (AvgIpc) is 3.23. The van der Waals surface area contributed by atoms with Gasteiger partial charge in [-0.25, -0.2) is 4.79 Å². The molecule has 3 atom stereocenters. The number of aliphatic hydroxyl groups is 1. The SMILES string of the molecule is COc1ccccc1SC[C@@H]1C[C@H](c2ccc(CO)cc2)O[C@H](c2ccc(-c3ccccc3CNC(=O)Nc3ccc(Oc4ccccc4)cc3)cc2)O1. The van der Waals surface area contributed by atoms with Crippen LogP contribution in [0.25, 0.3) is 11.1 Å². The fraction of sp³-hybridized carbons (Fsp3) is 0.178. The third kappa shape index (κ3) is 9.50. The summed E-state index contributed by atoms with van der Waals surface area (Å²) in [6.45, 7) is 0.338. The number of aliphatic hydroxyl groups excluding tert-OH is 1. The molecule has 0 bridgehead atoms. The number of carbonyl (C=O) groups is 1. The highest BCUT2D eigenvalue weighted by molar-refractivity contribution is 7.99. The first-order valence-corrected chi connectivity index (χ1v) is 18.9. The molecule has 7 rings (SSSR count). The summed E-state index contributed by atoms with van der Waals surface area (Å²) in [5.74, 6) is 3.00. The number of rotatable bonds is 13.